The minimum Gasteiger partial charge on any atom is -0.379 e. The summed E-state index contributed by atoms with van der Waals surface area (Å²) in [6.07, 6.45) is 0.136. The fourth-order valence-corrected chi connectivity index (χ4v) is 3.02. The van der Waals surface area contributed by atoms with E-state index in [9.17, 15) is 14.4 Å². The second kappa shape index (κ2) is 8.15. The summed E-state index contributed by atoms with van der Waals surface area (Å²) < 4.78 is 10.8. The van der Waals surface area contributed by atoms with Crippen LogP contribution in [0.2, 0.25) is 0 Å². The molecule has 1 aromatic rings. The van der Waals surface area contributed by atoms with Gasteiger partial charge in [0, 0.05) is 30.9 Å². The van der Waals surface area contributed by atoms with Crippen LogP contribution in [0.4, 0.5) is 10.5 Å². The number of benzene rings is 1. The molecule has 0 unspecified atom stereocenters. The molecule has 3 rings (SSSR count). The zero-order valence-corrected chi connectivity index (χ0v) is 14.3. The number of nitrogens with zero attached hydrogens (tertiary/aromatic N) is 1. The number of hydrogen-bond donors (Lipinski definition) is 3. The number of carbonyl (C=O) groups excluding carboxylic acids is 3. The molecule has 2 atom stereocenters. The van der Waals surface area contributed by atoms with Gasteiger partial charge in [-0.15, -0.1) is 0 Å². The van der Waals surface area contributed by atoms with Crippen molar-refractivity contribution in [1.29, 1.82) is 0 Å². The molecule has 2 fully saturated rings. The van der Waals surface area contributed by atoms with Gasteiger partial charge in [0.25, 0.3) is 5.91 Å². The number of urea groups is 1. The van der Waals surface area contributed by atoms with Crippen molar-refractivity contribution in [2.45, 2.75) is 18.6 Å². The number of rotatable bonds is 6. The van der Waals surface area contributed by atoms with Gasteiger partial charge in [-0.3, -0.25) is 14.5 Å². The molecule has 0 saturated carbocycles. The van der Waals surface area contributed by atoms with Crippen LogP contribution in [-0.4, -0.2) is 62.9 Å². The second-order valence-electron chi connectivity index (χ2n) is 6.19. The van der Waals surface area contributed by atoms with Crippen molar-refractivity contribution in [3.05, 3.63) is 29.8 Å². The smallest absolute Gasteiger partial charge is 0.321 e. The van der Waals surface area contributed by atoms with E-state index in [1.54, 1.807) is 29.2 Å². The van der Waals surface area contributed by atoms with Crippen molar-refractivity contribution in [2.75, 3.05) is 37.8 Å². The fraction of sp³-hybridized carbons (Fsp3) is 0.471. The van der Waals surface area contributed by atoms with Gasteiger partial charge in [-0.1, -0.05) is 6.07 Å². The largest absolute Gasteiger partial charge is 0.379 e. The molecule has 9 nitrogen and oxygen atoms in total. The third-order valence-corrected chi connectivity index (χ3v) is 4.34. The Morgan fingerprint density at radius 2 is 2.27 bits per heavy atom. The number of anilines is 1. The number of ether oxygens (including phenoxy) is 2. The summed E-state index contributed by atoms with van der Waals surface area (Å²) in [6.45, 7) is 1.70. The van der Waals surface area contributed by atoms with Crippen molar-refractivity contribution in [1.82, 2.24) is 10.6 Å². The summed E-state index contributed by atoms with van der Waals surface area (Å²) in [6, 6.07) is 6.43. The molecule has 26 heavy (non-hydrogen) atoms. The Morgan fingerprint density at radius 3 is 3.00 bits per heavy atom. The van der Waals surface area contributed by atoms with Gasteiger partial charge in [-0.2, -0.15) is 0 Å². The van der Waals surface area contributed by atoms with Crippen LogP contribution in [0.25, 0.3) is 0 Å². The summed E-state index contributed by atoms with van der Waals surface area (Å²) in [5.41, 5.74) is 6.22. The van der Waals surface area contributed by atoms with Gasteiger partial charge in [0.05, 0.1) is 12.6 Å². The lowest BCUT2D eigenvalue weighted by Crippen LogP contribution is -2.50. The Balaban J connectivity index is 1.66. The summed E-state index contributed by atoms with van der Waals surface area (Å²) in [7, 11) is 0. The SMILES string of the molecule is NC(=O)CO[C@@H]1COCC[C@H]1NC(=O)c1cccc(N2CCNC2=O)c1. The average molecular weight is 362 g/mol. The molecule has 0 aromatic heterocycles. The molecule has 0 aliphatic carbocycles. The van der Waals surface area contributed by atoms with Crippen LogP contribution in [0.1, 0.15) is 16.8 Å². The van der Waals surface area contributed by atoms with Gasteiger partial charge in [0.15, 0.2) is 0 Å². The Labute approximate surface area is 150 Å². The Morgan fingerprint density at radius 1 is 1.42 bits per heavy atom. The van der Waals surface area contributed by atoms with Crippen LogP contribution in [0.5, 0.6) is 0 Å². The van der Waals surface area contributed by atoms with Gasteiger partial charge in [-0.05, 0) is 24.6 Å². The van der Waals surface area contributed by atoms with E-state index in [0.717, 1.165) is 0 Å². The first-order valence-electron chi connectivity index (χ1n) is 8.48. The normalized spacial score (nSPS) is 22.8. The van der Waals surface area contributed by atoms with Gasteiger partial charge >= 0.3 is 6.03 Å². The molecule has 0 spiro atoms. The van der Waals surface area contributed by atoms with Crippen LogP contribution in [-0.2, 0) is 14.3 Å². The van der Waals surface area contributed by atoms with Crippen LogP contribution >= 0.6 is 0 Å². The summed E-state index contributed by atoms with van der Waals surface area (Å²) in [5.74, 6) is -0.844. The zero-order chi connectivity index (χ0) is 18.5. The molecule has 2 aliphatic heterocycles. The fourth-order valence-electron chi connectivity index (χ4n) is 3.02. The Hall–Kier alpha value is -2.65. The van der Waals surface area contributed by atoms with E-state index in [-0.39, 0.29) is 31.2 Å². The number of hydrogen-bond acceptors (Lipinski definition) is 5. The van der Waals surface area contributed by atoms with E-state index in [2.05, 4.69) is 10.6 Å². The Kier molecular flexibility index (Phi) is 5.69. The van der Waals surface area contributed by atoms with E-state index < -0.39 is 12.0 Å². The molecular formula is C17H22N4O5. The highest BCUT2D eigenvalue weighted by Crippen LogP contribution is 2.19. The van der Waals surface area contributed by atoms with Crippen molar-refractivity contribution < 1.29 is 23.9 Å². The van der Waals surface area contributed by atoms with Gasteiger partial charge < -0.3 is 25.8 Å². The predicted octanol–water partition coefficient (Wildman–Crippen LogP) is -0.395. The lowest BCUT2D eigenvalue weighted by Gasteiger charge is -2.31. The molecule has 2 aliphatic rings. The molecule has 4 amide bonds. The first-order valence-corrected chi connectivity index (χ1v) is 8.48. The highest BCUT2D eigenvalue weighted by atomic mass is 16.5. The van der Waals surface area contributed by atoms with E-state index in [1.807, 2.05) is 0 Å². The average Bonchev–Trinajstić information content (AvgIpc) is 3.07. The van der Waals surface area contributed by atoms with E-state index in [0.29, 0.717) is 37.4 Å². The number of nitrogens with one attached hydrogen (secondary N) is 2. The standard InChI is InChI=1S/C17H22N4O5/c18-15(22)10-26-14-9-25-7-4-13(14)20-16(23)11-2-1-3-12(8-11)21-6-5-19-17(21)24/h1-3,8,13-14H,4-7,9-10H2,(H2,18,22)(H,19,24)(H,20,23)/t13-,14-/m1/s1. The third kappa shape index (κ3) is 4.30. The third-order valence-electron chi connectivity index (χ3n) is 4.34. The lowest BCUT2D eigenvalue weighted by molar-refractivity contribution is -0.129. The molecule has 1 aromatic carbocycles. The van der Waals surface area contributed by atoms with Gasteiger partial charge in [0.1, 0.15) is 12.7 Å². The summed E-state index contributed by atoms with van der Waals surface area (Å²) in [4.78, 5) is 36.9. The molecule has 140 valence electrons. The van der Waals surface area contributed by atoms with Crippen molar-refractivity contribution in [3.63, 3.8) is 0 Å². The number of amides is 4. The number of carbonyl (C=O) groups is 3. The van der Waals surface area contributed by atoms with Crippen LogP contribution < -0.4 is 21.3 Å². The first kappa shape index (κ1) is 18.2. The molecule has 9 heteroatoms. The molecule has 2 saturated heterocycles. The van der Waals surface area contributed by atoms with E-state index >= 15 is 0 Å². The van der Waals surface area contributed by atoms with Crippen molar-refractivity contribution in [3.8, 4) is 0 Å². The highest BCUT2D eigenvalue weighted by Gasteiger charge is 2.29. The van der Waals surface area contributed by atoms with Crippen LogP contribution in [0.3, 0.4) is 0 Å². The van der Waals surface area contributed by atoms with Crippen molar-refractivity contribution in [2.24, 2.45) is 5.73 Å². The molecule has 0 bridgehead atoms. The highest BCUT2D eigenvalue weighted by molar-refractivity contribution is 5.98. The topological polar surface area (TPSA) is 123 Å². The van der Waals surface area contributed by atoms with Gasteiger partial charge in [-0.25, -0.2) is 4.79 Å². The minimum atomic E-state index is -0.572. The van der Waals surface area contributed by atoms with Crippen molar-refractivity contribution >= 4 is 23.5 Å². The predicted molar refractivity (Wildman–Crippen MR) is 92.8 cm³/mol. The maximum atomic E-state index is 12.6. The number of primary amides is 1. The molecular weight excluding hydrogens is 340 g/mol. The summed E-state index contributed by atoms with van der Waals surface area (Å²) in [5, 5.41) is 5.65. The Bertz CT molecular complexity index is 695. The lowest BCUT2D eigenvalue weighted by atomic mass is 10.0. The van der Waals surface area contributed by atoms with Crippen LogP contribution in [0.15, 0.2) is 24.3 Å². The first-order chi connectivity index (χ1) is 12.5. The summed E-state index contributed by atoms with van der Waals surface area (Å²) >= 11 is 0. The second-order valence-corrected chi connectivity index (χ2v) is 6.19. The maximum Gasteiger partial charge on any atom is 0.321 e. The molecule has 4 N–H and O–H groups in total. The van der Waals surface area contributed by atoms with E-state index in [4.69, 9.17) is 15.2 Å². The molecule has 2 heterocycles. The van der Waals surface area contributed by atoms with E-state index in [1.165, 1.54) is 0 Å². The maximum absolute atomic E-state index is 12.6. The minimum absolute atomic E-state index is 0.174. The van der Waals surface area contributed by atoms with Gasteiger partial charge in [0.2, 0.25) is 5.91 Å². The van der Waals surface area contributed by atoms with Crippen LogP contribution in [0, 0.1) is 0 Å². The molecule has 0 radical (unpaired) electrons. The zero-order valence-electron chi connectivity index (χ0n) is 14.3. The quantitative estimate of drug-likeness (QED) is 0.636. The monoisotopic (exact) mass is 362 g/mol. The number of nitrogens with two attached hydrogens (primary N) is 1.